The average Bonchev–Trinajstić information content (AvgIpc) is 3.83. The van der Waals surface area contributed by atoms with Crippen molar-refractivity contribution in [2.24, 2.45) is 0 Å². The second kappa shape index (κ2) is 11.9. The van der Waals surface area contributed by atoms with Gasteiger partial charge >= 0.3 is 0 Å². The van der Waals surface area contributed by atoms with Crippen molar-refractivity contribution in [2.75, 3.05) is 4.90 Å². The molecule has 0 saturated carbocycles. The molecule has 0 spiro atoms. The van der Waals surface area contributed by atoms with Crippen molar-refractivity contribution < 1.29 is 10.2 Å². The van der Waals surface area contributed by atoms with E-state index in [2.05, 4.69) is 89.8 Å². The number of anilines is 3. The van der Waals surface area contributed by atoms with E-state index >= 15 is 0 Å². The topological polar surface area (TPSA) is 55.3 Å². The van der Waals surface area contributed by atoms with Crippen LogP contribution < -0.4 is 4.90 Å². The smallest absolute Gasteiger partial charge is 0.227 e. The lowest BCUT2D eigenvalue weighted by Gasteiger charge is -2.26. The van der Waals surface area contributed by atoms with Crippen molar-refractivity contribution in [3.05, 3.63) is 176 Å². The number of hydrogen-bond donors (Lipinski definition) is 0. The molecular weight excluding hydrogens is 627 g/mol. The van der Waals surface area contributed by atoms with Gasteiger partial charge in [0.2, 0.25) is 11.8 Å². The van der Waals surface area contributed by atoms with Crippen LogP contribution in [-0.2, 0) is 0 Å². The fraction of sp³-hybridized carbons (Fsp3) is 0. The van der Waals surface area contributed by atoms with E-state index in [0.29, 0.717) is 17.8 Å². The minimum absolute atomic E-state index is 0.439. The fourth-order valence-corrected chi connectivity index (χ4v) is 6.79. The molecule has 51 heavy (non-hydrogen) atoms. The Morgan fingerprint density at radius 1 is 0.392 bits per heavy atom. The number of hydrogen-bond acceptors (Lipinski definition) is 5. The summed E-state index contributed by atoms with van der Waals surface area (Å²) in [6.07, 6.45) is 0. The number of para-hydroxylation sites is 4. The van der Waals surface area contributed by atoms with Crippen molar-refractivity contribution in [3.8, 4) is 34.0 Å². The van der Waals surface area contributed by atoms with Gasteiger partial charge in [0.25, 0.3) is 0 Å². The first-order chi connectivity index (χ1) is 25.6. The van der Waals surface area contributed by atoms with Gasteiger partial charge in [-0.05, 0) is 136 Å². The predicted octanol–water partition coefficient (Wildman–Crippen LogP) is 12.7. The summed E-state index contributed by atoms with van der Waals surface area (Å²) in [7, 11) is 0. The van der Waals surface area contributed by atoms with Gasteiger partial charge in [0, 0.05) is 28.2 Å². The zero-order valence-electron chi connectivity index (χ0n) is 28.3. The standard InChI is InChI=1S/C46H29N3O2/c1-2-8-34-28-37-29-35(13-14-36(37)27-33(34)7-1)30-15-21-38(22-16-30)49(39-23-17-31(18-24-39)45-47-41-9-3-5-11-43(41)50-45)40-25-19-32(20-26-40)46-48-42-10-4-6-12-44(42)51-46/h1-29H/i15D. The highest BCUT2D eigenvalue weighted by atomic mass is 16.4. The molecule has 0 bridgehead atoms. The summed E-state index contributed by atoms with van der Waals surface area (Å²) in [5.74, 6) is 1.14. The van der Waals surface area contributed by atoms with E-state index in [4.69, 9.17) is 18.8 Å². The Hall–Kier alpha value is -6.98. The van der Waals surface area contributed by atoms with Crippen LogP contribution in [0.25, 0.3) is 77.8 Å². The molecule has 0 N–H and O–H groups in total. The van der Waals surface area contributed by atoms with Crippen LogP contribution in [0.15, 0.2) is 185 Å². The summed E-state index contributed by atoms with van der Waals surface area (Å²) in [6.45, 7) is 0. The summed E-state index contributed by atoms with van der Waals surface area (Å²) < 4.78 is 21.3. The normalized spacial score (nSPS) is 11.8. The molecule has 0 amide bonds. The van der Waals surface area contributed by atoms with Crippen molar-refractivity contribution in [1.82, 2.24) is 9.97 Å². The van der Waals surface area contributed by atoms with E-state index in [1.165, 1.54) is 16.2 Å². The van der Waals surface area contributed by atoms with Crippen molar-refractivity contribution in [1.29, 1.82) is 0 Å². The van der Waals surface area contributed by atoms with Crippen LogP contribution in [0.1, 0.15) is 1.37 Å². The van der Waals surface area contributed by atoms with E-state index in [9.17, 15) is 1.37 Å². The van der Waals surface area contributed by atoms with Crippen molar-refractivity contribution in [3.63, 3.8) is 0 Å². The van der Waals surface area contributed by atoms with Crippen LogP contribution in [0.4, 0.5) is 17.1 Å². The van der Waals surface area contributed by atoms with E-state index in [0.717, 1.165) is 66.9 Å². The SMILES string of the molecule is [2H]c1cc(N(c2ccc(-c3nc4ccccc4o3)cc2)c2ccc(-c3nc4ccccc4o3)cc2)ccc1-c1ccc2cc3ccccc3cc2c1. The van der Waals surface area contributed by atoms with Gasteiger partial charge in [0.15, 0.2) is 11.2 Å². The number of oxazole rings is 2. The molecule has 0 aliphatic carbocycles. The average molecular weight is 657 g/mol. The van der Waals surface area contributed by atoms with Gasteiger partial charge in [-0.2, -0.15) is 0 Å². The maximum Gasteiger partial charge on any atom is 0.227 e. The van der Waals surface area contributed by atoms with Crippen molar-refractivity contribution in [2.45, 2.75) is 0 Å². The van der Waals surface area contributed by atoms with Crippen LogP contribution in [0.3, 0.4) is 0 Å². The largest absolute Gasteiger partial charge is 0.436 e. The van der Waals surface area contributed by atoms with Crippen LogP contribution >= 0.6 is 0 Å². The van der Waals surface area contributed by atoms with E-state index in [-0.39, 0.29) is 0 Å². The molecule has 0 radical (unpaired) electrons. The second-order valence-electron chi connectivity index (χ2n) is 12.6. The molecule has 0 aliphatic heterocycles. The third kappa shape index (κ3) is 5.29. The lowest BCUT2D eigenvalue weighted by Crippen LogP contribution is -2.09. The first kappa shape index (κ1) is 27.9. The fourth-order valence-electron chi connectivity index (χ4n) is 6.79. The molecule has 10 rings (SSSR count). The second-order valence-corrected chi connectivity index (χ2v) is 12.6. The summed E-state index contributed by atoms with van der Waals surface area (Å²) in [5, 5.41) is 4.75. The Morgan fingerprint density at radius 3 is 1.39 bits per heavy atom. The Balaban J connectivity index is 1.04. The summed E-state index contributed by atoms with van der Waals surface area (Å²) in [6, 6.07) is 57.7. The lowest BCUT2D eigenvalue weighted by atomic mass is 9.98. The summed E-state index contributed by atoms with van der Waals surface area (Å²) >= 11 is 0. The Morgan fingerprint density at radius 2 is 0.843 bits per heavy atom. The summed E-state index contributed by atoms with van der Waals surface area (Å²) in [5.41, 5.74) is 9.53. The van der Waals surface area contributed by atoms with Gasteiger partial charge in [-0.1, -0.05) is 72.8 Å². The minimum atomic E-state index is 0.439. The highest BCUT2D eigenvalue weighted by Crippen LogP contribution is 2.38. The monoisotopic (exact) mass is 656 g/mol. The molecule has 0 unspecified atom stereocenters. The van der Waals surface area contributed by atoms with Crippen LogP contribution in [-0.4, -0.2) is 9.97 Å². The van der Waals surface area contributed by atoms with E-state index in [1.807, 2.05) is 84.9 Å². The Kier molecular flexibility index (Phi) is 6.49. The van der Waals surface area contributed by atoms with Gasteiger partial charge in [-0.15, -0.1) is 0 Å². The highest BCUT2D eigenvalue weighted by Gasteiger charge is 2.16. The zero-order chi connectivity index (χ0) is 34.6. The maximum atomic E-state index is 9.24. The molecular formula is C46H29N3O2. The lowest BCUT2D eigenvalue weighted by molar-refractivity contribution is 0.619. The van der Waals surface area contributed by atoms with Crippen LogP contribution in [0.2, 0.25) is 0 Å². The molecule has 0 fully saturated rings. The molecule has 8 aromatic carbocycles. The number of rotatable bonds is 6. The molecule has 0 saturated heterocycles. The Bertz CT molecular complexity index is 2740. The zero-order valence-corrected chi connectivity index (χ0v) is 27.3. The maximum absolute atomic E-state index is 9.24. The van der Waals surface area contributed by atoms with Gasteiger partial charge in [0.05, 0.1) is 1.37 Å². The summed E-state index contributed by atoms with van der Waals surface area (Å²) in [4.78, 5) is 11.5. The molecule has 2 aromatic heterocycles. The van der Waals surface area contributed by atoms with Gasteiger partial charge in [0.1, 0.15) is 11.0 Å². The quantitative estimate of drug-likeness (QED) is 0.167. The molecule has 2 heterocycles. The molecule has 5 heteroatoms. The van der Waals surface area contributed by atoms with Crippen LogP contribution in [0.5, 0.6) is 0 Å². The number of benzene rings is 8. The van der Waals surface area contributed by atoms with E-state index < -0.39 is 0 Å². The molecule has 240 valence electrons. The van der Waals surface area contributed by atoms with Gasteiger partial charge < -0.3 is 13.7 Å². The Labute approximate surface area is 295 Å². The van der Waals surface area contributed by atoms with E-state index in [1.54, 1.807) is 0 Å². The molecule has 10 aromatic rings. The molecule has 0 aliphatic rings. The van der Waals surface area contributed by atoms with Crippen LogP contribution in [0, 0.1) is 0 Å². The van der Waals surface area contributed by atoms with Crippen molar-refractivity contribution >= 4 is 60.8 Å². The predicted molar refractivity (Wildman–Crippen MR) is 208 cm³/mol. The molecule has 0 atom stereocenters. The third-order valence-electron chi connectivity index (χ3n) is 9.40. The number of aromatic nitrogens is 2. The minimum Gasteiger partial charge on any atom is -0.436 e. The third-order valence-corrected chi connectivity index (χ3v) is 9.40. The molecule has 5 nitrogen and oxygen atoms in total. The number of nitrogens with zero attached hydrogens (tertiary/aromatic N) is 3. The first-order valence-corrected chi connectivity index (χ1v) is 16.9. The van der Waals surface area contributed by atoms with Gasteiger partial charge in [-0.25, -0.2) is 9.97 Å². The van der Waals surface area contributed by atoms with Gasteiger partial charge in [-0.3, -0.25) is 0 Å². The highest BCUT2D eigenvalue weighted by molar-refractivity contribution is 5.99. The number of fused-ring (bicyclic) bond motifs is 4. The first-order valence-electron chi connectivity index (χ1n) is 17.4.